The zero-order chi connectivity index (χ0) is 18.1. The quantitative estimate of drug-likeness (QED) is 0.654. The number of carbonyl (C=O) groups is 1. The molecule has 2 aromatic rings. The molecule has 1 aliphatic rings. The molecule has 1 fully saturated rings. The minimum atomic E-state index is -0.260. The summed E-state index contributed by atoms with van der Waals surface area (Å²) in [5.74, 6) is -0.409. The lowest BCUT2D eigenvalue weighted by Crippen LogP contribution is -2.31. The molecule has 1 aliphatic heterocycles. The van der Waals surface area contributed by atoms with Crippen LogP contribution in [0.2, 0.25) is 0 Å². The van der Waals surface area contributed by atoms with Gasteiger partial charge in [0.15, 0.2) is 5.11 Å². The summed E-state index contributed by atoms with van der Waals surface area (Å²) in [6.07, 6.45) is 2.48. The second kappa shape index (κ2) is 6.57. The monoisotopic (exact) mass is 354 g/mol. The fraction of sp³-hybridized carbons (Fsp3) is 0.158. The Bertz CT molecular complexity index is 875. The van der Waals surface area contributed by atoms with Crippen LogP contribution in [0, 0.1) is 0 Å². The summed E-state index contributed by atoms with van der Waals surface area (Å²) in [7, 11) is 1.71. The Labute approximate surface area is 151 Å². The zero-order valence-electron chi connectivity index (χ0n) is 13.9. The summed E-state index contributed by atoms with van der Waals surface area (Å²) in [4.78, 5) is 15.9. The van der Waals surface area contributed by atoms with Gasteiger partial charge >= 0.3 is 0 Å². The van der Waals surface area contributed by atoms with E-state index in [-0.39, 0.29) is 17.4 Å². The van der Waals surface area contributed by atoms with E-state index in [0.29, 0.717) is 22.1 Å². The first-order valence-corrected chi connectivity index (χ1v) is 8.28. The molecule has 2 aromatic carbocycles. The van der Waals surface area contributed by atoms with Gasteiger partial charge in [0.25, 0.3) is 5.91 Å². The molecule has 1 heterocycles. The van der Waals surface area contributed by atoms with Gasteiger partial charge in [-0.15, -0.1) is 0 Å². The number of nitrogens with zero attached hydrogens (tertiary/aromatic N) is 2. The van der Waals surface area contributed by atoms with Gasteiger partial charge in [-0.1, -0.05) is 19.1 Å². The number of thiocarbonyl (C=S) groups is 1. The standard InChI is InChI=1S/C19H18N2O3S/c1-3-12-4-7-14(8-5-12)21-18(24)16(20(2)19(21)25)10-13-6-9-15(22)11-17(13)23/h4-11,22-23H,3H2,1-2H3/b16-10-. The molecule has 25 heavy (non-hydrogen) atoms. The molecule has 0 aromatic heterocycles. The molecule has 0 radical (unpaired) electrons. The van der Waals surface area contributed by atoms with Gasteiger partial charge in [-0.25, -0.2) is 0 Å². The van der Waals surface area contributed by atoms with Gasteiger partial charge in [0, 0.05) is 18.7 Å². The van der Waals surface area contributed by atoms with Crippen LogP contribution in [0.1, 0.15) is 18.1 Å². The number of phenols is 2. The van der Waals surface area contributed by atoms with E-state index >= 15 is 0 Å². The Kier molecular flexibility index (Phi) is 4.46. The van der Waals surface area contributed by atoms with Crippen molar-refractivity contribution in [2.75, 3.05) is 11.9 Å². The van der Waals surface area contributed by atoms with Crippen molar-refractivity contribution >= 4 is 35.0 Å². The molecule has 1 saturated heterocycles. The van der Waals surface area contributed by atoms with Crippen molar-refractivity contribution in [3.8, 4) is 11.5 Å². The van der Waals surface area contributed by atoms with Crippen LogP contribution in [-0.2, 0) is 11.2 Å². The maximum Gasteiger partial charge on any atom is 0.281 e. The van der Waals surface area contributed by atoms with Crippen LogP contribution < -0.4 is 4.90 Å². The van der Waals surface area contributed by atoms with E-state index in [1.165, 1.54) is 22.6 Å². The van der Waals surface area contributed by atoms with Gasteiger partial charge in [-0.2, -0.15) is 0 Å². The van der Waals surface area contributed by atoms with Crippen LogP contribution in [0.15, 0.2) is 48.2 Å². The molecule has 0 saturated carbocycles. The predicted octanol–water partition coefficient (Wildman–Crippen LogP) is 3.26. The molecular formula is C19H18N2O3S. The number of likely N-dealkylation sites (N-methyl/N-ethyl adjacent to an activating group) is 1. The van der Waals surface area contributed by atoms with Crippen molar-refractivity contribution in [3.05, 3.63) is 59.3 Å². The summed E-state index contributed by atoms with van der Waals surface area (Å²) < 4.78 is 0. The van der Waals surface area contributed by atoms with E-state index < -0.39 is 0 Å². The van der Waals surface area contributed by atoms with Crippen LogP contribution in [0.4, 0.5) is 5.69 Å². The van der Waals surface area contributed by atoms with Gasteiger partial charge in [-0.3, -0.25) is 9.69 Å². The van der Waals surface area contributed by atoms with E-state index in [2.05, 4.69) is 6.92 Å². The number of aryl methyl sites for hydroxylation is 1. The average Bonchev–Trinajstić information content (AvgIpc) is 2.81. The highest BCUT2D eigenvalue weighted by atomic mass is 32.1. The topological polar surface area (TPSA) is 64.0 Å². The van der Waals surface area contributed by atoms with Crippen LogP contribution in [0.25, 0.3) is 6.08 Å². The molecule has 1 amide bonds. The summed E-state index contributed by atoms with van der Waals surface area (Å²) >= 11 is 5.42. The molecule has 128 valence electrons. The Hall–Kier alpha value is -2.86. The number of aromatic hydroxyl groups is 2. The zero-order valence-corrected chi connectivity index (χ0v) is 14.7. The molecular weight excluding hydrogens is 336 g/mol. The van der Waals surface area contributed by atoms with E-state index in [9.17, 15) is 15.0 Å². The Morgan fingerprint density at radius 2 is 1.80 bits per heavy atom. The molecule has 0 unspecified atom stereocenters. The third kappa shape index (κ3) is 3.08. The van der Waals surface area contributed by atoms with Crippen LogP contribution in [0.5, 0.6) is 11.5 Å². The lowest BCUT2D eigenvalue weighted by atomic mass is 10.1. The average molecular weight is 354 g/mol. The lowest BCUT2D eigenvalue weighted by Gasteiger charge is -2.16. The second-order valence-corrected chi connectivity index (χ2v) is 6.14. The largest absolute Gasteiger partial charge is 0.508 e. The maximum atomic E-state index is 12.9. The van der Waals surface area contributed by atoms with Crippen LogP contribution in [0.3, 0.4) is 0 Å². The molecule has 0 bridgehead atoms. The number of hydrogen-bond acceptors (Lipinski definition) is 4. The first-order valence-electron chi connectivity index (χ1n) is 7.87. The minimum absolute atomic E-state index is 0.0427. The van der Waals surface area contributed by atoms with E-state index in [0.717, 1.165) is 6.42 Å². The molecule has 3 rings (SSSR count). The number of hydrogen-bond donors (Lipinski definition) is 2. The van der Waals surface area contributed by atoms with Crippen LogP contribution >= 0.6 is 12.2 Å². The predicted molar refractivity (Wildman–Crippen MR) is 101 cm³/mol. The highest BCUT2D eigenvalue weighted by Gasteiger charge is 2.36. The van der Waals surface area contributed by atoms with Crippen molar-refractivity contribution in [3.63, 3.8) is 0 Å². The minimum Gasteiger partial charge on any atom is -0.508 e. The van der Waals surface area contributed by atoms with Gasteiger partial charge in [0.05, 0.1) is 5.69 Å². The maximum absolute atomic E-state index is 12.9. The third-order valence-corrected chi connectivity index (χ3v) is 4.63. The molecule has 5 nitrogen and oxygen atoms in total. The van der Waals surface area contributed by atoms with Crippen molar-refractivity contribution in [1.82, 2.24) is 4.90 Å². The number of carbonyl (C=O) groups excluding carboxylic acids is 1. The Morgan fingerprint density at radius 1 is 1.12 bits per heavy atom. The Balaban J connectivity index is 1.98. The van der Waals surface area contributed by atoms with E-state index in [4.69, 9.17) is 12.2 Å². The van der Waals surface area contributed by atoms with Gasteiger partial charge < -0.3 is 15.1 Å². The van der Waals surface area contributed by atoms with Crippen molar-refractivity contribution < 1.29 is 15.0 Å². The fourth-order valence-corrected chi connectivity index (χ4v) is 2.95. The van der Waals surface area contributed by atoms with Gasteiger partial charge in [0.2, 0.25) is 0 Å². The number of anilines is 1. The molecule has 0 aliphatic carbocycles. The molecule has 0 spiro atoms. The highest BCUT2D eigenvalue weighted by molar-refractivity contribution is 7.80. The smallest absolute Gasteiger partial charge is 0.281 e. The first-order chi connectivity index (χ1) is 11.9. The summed E-state index contributed by atoms with van der Waals surface area (Å²) in [5, 5.41) is 19.7. The van der Waals surface area contributed by atoms with Crippen molar-refractivity contribution in [2.24, 2.45) is 0 Å². The first kappa shape index (κ1) is 17.0. The van der Waals surface area contributed by atoms with E-state index in [1.54, 1.807) is 24.1 Å². The van der Waals surface area contributed by atoms with Crippen molar-refractivity contribution in [2.45, 2.75) is 13.3 Å². The molecule has 2 N–H and O–H groups in total. The number of phenolic OH excluding ortho intramolecular Hbond substituents is 2. The lowest BCUT2D eigenvalue weighted by molar-refractivity contribution is -0.114. The van der Waals surface area contributed by atoms with Gasteiger partial charge in [-0.05, 0) is 54.5 Å². The molecule has 0 atom stereocenters. The number of benzene rings is 2. The highest BCUT2D eigenvalue weighted by Crippen LogP contribution is 2.31. The normalized spacial score (nSPS) is 16.2. The van der Waals surface area contributed by atoms with E-state index in [1.807, 2.05) is 24.3 Å². The SMILES string of the molecule is CCc1ccc(N2C(=O)/C(=C/c3ccc(O)cc3O)N(C)C2=S)cc1. The third-order valence-electron chi connectivity index (χ3n) is 4.17. The number of rotatable bonds is 3. The van der Waals surface area contributed by atoms with Crippen LogP contribution in [-0.4, -0.2) is 33.2 Å². The second-order valence-electron chi connectivity index (χ2n) is 5.77. The van der Waals surface area contributed by atoms with Crippen molar-refractivity contribution in [1.29, 1.82) is 0 Å². The summed E-state index contributed by atoms with van der Waals surface area (Å²) in [6, 6.07) is 11.9. The fourth-order valence-electron chi connectivity index (χ4n) is 2.67. The van der Waals surface area contributed by atoms with Gasteiger partial charge in [0.1, 0.15) is 17.2 Å². The Morgan fingerprint density at radius 3 is 2.40 bits per heavy atom. The number of amides is 1. The molecule has 6 heteroatoms. The summed E-state index contributed by atoms with van der Waals surface area (Å²) in [5.41, 5.74) is 2.67. The summed E-state index contributed by atoms with van der Waals surface area (Å²) in [6.45, 7) is 2.07.